The second-order valence-corrected chi connectivity index (χ2v) is 6.55. The van der Waals surface area contributed by atoms with Gasteiger partial charge in [-0.1, -0.05) is 24.2 Å². The quantitative estimate of drug-likeness (QED) is 0.892. The van der Waals surface area contributed by atoms with E-state index in [2.05, 4.69) is 25.5 Å². The highest BCUT2D eigenvalue weighted by atomic mass is 16.5. The Labute approximate surface area is 140 Å². The molecule has 1 amide bonds. The fourth-order valence-electron chi connectivity index (χ4n) is 2.73. The standard InChI is InChI=1S/C16H23N5O3/c1-10(2)16-18-14(20-24-16)9-21-6-4-12(5-7-21)17-15(22)13-8-11(3)23-19-13/h8,10,12H,4-7,9H2,1-3H3,(H,17,22). The second kappa shape index (κ2) is 7.12. The lowest BCUT2D eigenvalue weighted by molar-refractivity contribution is 0.0898. The molecule has 0 spiro atoms. The maximum absolute atomic E-state index is 12.1. The zero-order chi connectivity index (χ0) is 17.1. The van der Waals surface area contributed by atoms with Gasteiger partial charge in [-0.15, -0.1) is 0 Å². The summed E-state index contributed by atoms with van der Waals surface area (Å²) < 4.78 is 10.2. The van der Waals surface area contributed by atoms with Crippen LogP contribution in [0.1, 0.15) is 60.6 Å². The van der Waals surface area contributed by atoms with E-state index in [0.29, 0.717) is 23.9 Å². The van der Waals surface area contributed by atoms with Crippen molar-refractivity contribution in [1.29, 1.82) is 0 Å². The lowest BCUT2D eigenvalue weighted by Gasteiger charge is -2.31. The number of aryl methyl sites for hydroxylation is 1. The molecule has 130 valence electrons. The summed E-state index contributed by atoms with van der Waals surface area (Å²) in [5.74, 6) is 2.10. The van der Waals surface area contributed by atoms with E-state index in [1.54, 1.807) is 13.0 Å². The third kappa shape index (κ3) is 4.00. The van der Waals surface area contributed by atoms with Crippen molar-refractivity contribution in [3.63, 3.8) is 0 Å². The topological polar surface area (TPSA) is 97.3 Å². The van der Waals surface area contributed by atoms with Gasteiger partial charge in [-0.05, 0) is 19.8 Å². The highest BCUT2D eigenvalue weighted by molar-refractivity contribution is 5.92. The van der Waals surface area contributed by atoms with Crippen LogP contribution in [0.5, 0.6) is 0 Å². The van der Waals surface area contributed by atoms with Crippen molar-refractivity contribution in [2.75, 3.05) is 13.1 Å². The van der Waals surface area contributed by atoms with Gasteiger partial charge in [0.2, 0.25) is 5.89 Å². The maximum Gasteiger partial charge on any atom is 0.273 e. The van der Waals surface area contributed by atoms with Crippen LogP contribution in [0.4, 0.5) is 0 Å². The molecule has 8 heteroatoms. The van der Waals surface area contributed by atoms with Crippen molar-refractivity contribution in [1.82, 2.24) is 25.5 Å². The molecule has 24 heavy (non-hydrogen) atoms. The SMILES string of the molecule is Cc1cc(C(=O)NC2CCN(Cc3noc(C(C)C)n3)CC2)no1. The number of likely N-dealkylation sites (tertiary alicyclic amines) is 1. The molecule has 8 nitrogen and oxygen atoms in total. The highest BCUT2D eigenvalue weighted by Gasteiger charge is 2.23. The Morgan fingerprint density at radius 3 is 2.67 bits per heavy atom. The minimum Gasteiger partial charge on any atom is -0.361 e. The molecule has 3 rings (SSSR count). The molecule has 1 saturated heterocycles. The number of carbonyl (C=O) groups is 1. The van der Waals surface area contributed by atoms with E-state index >= 15 is 0 Å². The number of nitrogens with one attached hydrogen (secondary N) is 1. The Hall–Kier alpha value is -2.22. The van der Waals surface area contributed by atoms with Crippen molar-refractivity contribution in [3.05, 3.63) is 29.2 Å². The van der Waals surface area contributed by atoms with E-state index in [-0.39, 0.29) is 17.9 Å². The van der Waals surface area contributed by atoms with Crippen molar-refractivity contribution in [3.8, 4) is 0 Å². The van der Waals surface area contributed by atoms with Gasteiger partial charge in [-0.3, -0.25) is 9.69 Å². The molecule has 0 unspecified atom stereocenters. The zero-order valence-corrected chi connectivity index (χ0v) is 14.3. The Bertz CT molecular complexity index is 685. The minimum absolute atomic E-state index is 0.155. The van der Waals surface area contributed by atoms with E-state index in [0.717, 1.165) is 31.8 Å². The predicted octanol–water partition coefficient (Wildman–Crippen LogP) is 1.88. The zero-order valence-electron chi connectivity index (χ0n) is 14.3. The van der Waals surface area contributed by atoms with Crippen LogP contribution in [-0.4, -0.2) is 45.2 Å². The van der Waals surface area contributed by atoms with Crippen molar-refractivity contribution < 1.29 is 13.8 Å². The first-order valence-corrected chi connectivity index (χ1v) is 8.30. The van der Waals surface area contributed by atoms with E-state index in [9.17, 15) is 4.79 Å². The first-order chi connectivity index (χ1) is 11.5. The second-order valence-electron chi connectivity index (χ2n) is 6.55. The molecule has 0 saturated carbocycles. The van der Waals surface area contributed by atoms with Crippen molar-refractivity contribution >= 4 is 5.91 Å². The summed E-state index contributed by atoms with van der Waals surface area (Å²) in [5, 5.41) is 10.8. The molecular weight excluding hydrogens is 310 g/mol. The predicted molar refractivity (Wildman–Crippen MR) is 85.4 cm³/mol. The Kier molecular flexibility index (Phi) is 4.94. The van der Waals surface area contributed by atoms with Gasteiger partial charge in [0.1, 0.15) is 5.76 Å². The molecule has 1 fully saturated rings. The van der Waals surface area contributed by atoms with Gasteiger partial charge in [0.15, 0.2) is 11.5 Å². The number of hydrogen-bond donors (Lipinski definition) is 1. The largest absolute Gasteiger partial charge is 0.361 e. The van der Waals surface area contributed by atoms with E-state index in [1.165, 1.54) is 0 Å². The highest BCUT2D eigenvalue weighted by Crippen LogP contribution is 2.15. The fraction of sp³-hybridized carbons (Fsp3) is 0.625. The van der Waals surface area contributed by atoms with Gasteiger partial charge < -0.3 is 14.4 Å². The molecule has 2 aromatic rings. The molecule has 1 aliphatic heterocycles. The van der Waals surface area contributed by atoms with Crippen LogP contribution in [0.2, 0.25) is 0 Å². The van der Waals surface area contributed by atoms with Gasteiger partial charge in [-0.2, -0.15) is 4.98 Å². The van der Waals surface area contributed by atoms with E-state index < -0.39 is 0 Å². The lowest BCUT2D eigenvalue weighted by Crippen LogP contribution is -2.44. The summed E-state index contributed by atoms with van der Waals surface area (Å²) in [4.78, 5) is 18.8. The first kappa shape index (κ1) is 16.6. The first-order valence-electron chi connectivity index (χ1n) is 8.30. The average molecular weight is 333 g/mol. The molecule has 0 radical (unpaired) electrons. The summed E-state index contributed by atoms with van der Waals surface area (Å²) in [6, 6.07) is 1.80. The molecule has 0 atom stereocenters. The third-order valence-electron chi connectivity index (χ3n) is 4.13. The molecule has 0 bridgehead atoms. The van der Waals surface area contributed by atoms with Crippen LogP contribution in [0.3, 0.4) is 0 Å². The summed E-state index contributed by atoms with van der Waals surface area (Å²) in [6.07, 6.45) is 1.77. The summed E-state index contributed by atoms with van der Waals surface area (Å²) in [5.41, 5.74) is 0.336. The Balaban J connectivity index is 1.46. The number of piperidine rings is 1. The monoisotopic (exact) mass is 333 g/mol. The third-order valence-corrected chi connectivity index (χ3v) is 4.13. The fourth-order valence-corrected chi connectivity index (χ4v) is 2.73. The number of nitrogens with zero attached hydrogens (tertiary/aromatic N) is 4. The van der Waals surface area contributed by atoms with Crippen molar-refractivity contribution in [2.24, 2.45) is 0 Å². The minimum atomic E-state index is -0.176. The van der Waals surface area contributed by atoms with E-state index in [4.69, 9.17) is 9.05 Å². The van der Waals surface area contributed by atoms with Crippen LogP contribution in [0, 0.1) is 6.92 Å². The molecule has 2 aromatic heterocycles. The average Bonchev–Trinajstić information content (AvgIpc) is 3.18. The molecule has 3 heterocycles. The van der Waals surface area contributed by atoms with Crippen LogP contribution in [0.15, 0.2) is 15.1 Å². The lowest BCUT2D eigenvalue weighted by atomic mass is 10.0. The van der Waals surface area contributed by atoms with Gasteiger partial charge in [-0.25, -0.2) is 0 Å². The maximum atomic E-state index is 12.1. The van der Waals surface area contributed by atoms with Crippen LogP contribution in [-0.2, 0) is 6.54 Å². The number of hydrogen-bond acceptors (Lipinski definition) is 7. The molecule has 0 aliphatic carbocycles. The van der Waals surface area contributed by atoms with E-state index in [1.807, 2.05) is 13.8 Å². The number of rotatable bonds is 5. The van der Waals surface area contributed by atoms with Gasteiger partial charge >= 0.3 is 0 Å². The molecule has 1 aliphatic rings. The van der Waals surface area contributed by atoms with Crippen LogP contribution in [0.25, 0.3) is 0 Å². The Morgan fingerprint density at radius 1 is 1.33 bits per heavy atom. The van der Waals surface area contributed by atoms with Crippen LogP contribution >= 0.6 is 0 Å². The number of amides is 1. The smallest absolute Gasteiger partial charge is 0.273 e. The van der Waals surface area contributed by atoms with Gasteiger partial charge in [0.05, 0.1) is 6.54 Å². The summed E-state index contributed by atoms with van der Waals surface area (Å²) >= 11 is 0. The summed E-state index contributed by atoms with van der Waals surface area (Å²) in [7, 11) is 0. The number of carbonyl (C=O) groups excluding carboxylic acids is 1. The Morgan fingerprint density at radius 2 is 2.08 bits per heavy atom. The summed E-state index contributed by atoms with van der Waals surface area (Å²) in [6.45, 7) is 8.27. The van der Waals surface area contributed by atoms with Gasteiger partial charge in [0, 0.05) is 31.1 Å². The van der Waals surface area contributed by atoms with Crippen LogP contribution < -0.4 is 5.32 Å². The molecule has 1 N–H and O–H groups in total. The molecule has 0 aromatic carbocycles. The van der Waals surface area contributed by atoms with Crippen molar-refractivity contribution in [2.45, 2.75) is 52.1 Å². The number of aromatic nitrogens is 3. The van der Waals surface area contributed by atoms with Gasteiger partial charge in [0.25, 0.3) is 5.91 Å². The normalized spacial score (nSPS) is 16.7. The molecular formula is C16H23N5O3.